The van der Waals surface area contributed by atoms with E-state index in [9.17, 15) is 0 Å². The topological polar surface area (TPSA) is 60.2 Å². The summed E-state index contributed by atoms with van der Waals surface area (Å²) in [5.41, 5.74) is 0. The summed E-state index contributed by atoms with van der Waals surface area (Å²) in [5, 5.41) is 6.81. The van der Waals surface area contributed by atoms with Gasteiger partial charge in [-0.2, -0.15) is 4.98 Å². The van der Waals surface area contributed by atoms with E-state index < -0.39 is 0 Å². The summed E-state index contributed by atoms with van der Waals surface area (Å²) in [6, 6.07) is 0. The molecule has 0 saturated heterocycles. The van der Waals surface area contributed by atoms with Crippen LogP contribution in [0.2, 0.25) is 0 Å². The number of nitrogens with zero attached hydrogens (tertiary/aromatic N) is 2. The van der Waals surface area contributed by atoms with Crippen molar-refractivity contribution in [3.05, 3.63) is 11.7 Å². The van der Waals surface area contributed by atoms with E-state index >= 15 is 0 Å². The molecule has 0 unspecified atom stereocenters. The monoisotopic (exact) mass is 199 g/mol. The van der Waals surface area contributed by atoms with Gasteiger partial charge in [0.1, 0.15) is 6.61 Å². The molecule has 14 heavy (non-hydrogen) atoms. The van der Waals surface area contributed by atoms with Crippen LogP contribution in [-0.2, 0) is 17.8 Å². The Labute approximate surface area is 83.8 Å². The molecular formula is C9H17N3O2. The van der Waals surface area contributed by atoms with Crippen LogP contribution in [0.3, 0.4) is 0 Å². The van der Waals surface area contributed by atoms with Crippen LogP contribution in [0.1, 0.15) is 25.1 Å². The van der Waals surface area contributed by atoms with Gasteiger partial charge >= 0.3 is 0 Å². The van der Waals surface area contributed by atoms with E-state index in [0.29, 0.717) is 19.1 Å². The zero-order chi connectivity index (χ0) is 10.2. The summed E-state index contributed by atoms with van der Waals surface area (Å²) in [6.45, 7) is 3.97. The van der Waals surface area contributed by atoms with Gasteiger partial charge in [0.2, 0.25) is 0 Å². The van der Waals surface area contributed by atoms with Crippen molar-refractivity contribution >= 4 is 0 Å². The van der Waals surface area contributed by atoms with Crippen LogP contribution >= 0.6 is 0 Å². The summed E-state index contributed by atoms with van der Waals surface area (Å²) >= 11 is 0. The van der Waals surface area contributed by atoms with Crippen molar-refractivity contribution in [1.82, 2.24) is 15.5 Å². The maximum absolute atomic E-state index is 5.29. The zero-order valence-electron chi connectivity index (χ0n) is 8.75. The highest BCUT2D eigenvalue weighted by Gasteiger charge is 2.04. The smallest absolute Gasteiger partial charge is 0.252 e. The molecule has 1 rings (SSSR count). The van der Waals surface area contributed by atoms with Crippen LogP contribution in [-0.4, -0.2) is 30.3 Å². The van der Waals surface area contributed by atoms with Gasteiger partial charge in [0.15, 0.2) is 5.82 Å². The Balaban J connectivity index is 2.22. The van der Waals surface area contributed by atoms with Crippen LogP contribution in [0.4, 0.5) is 0 Å². The Morgan fingerprint density at radius 1 is 1.50 bits per heavy atom. The third-order valence-electron chi connectivity index (χ3n) is 1.71. The lowest BCUT2D eigenvalue weighted by Gasteiger charge is -1.98. The van der Waals surface area contributed by atoms with Gasteiger partial charge < -0.3 is 14.6 Å². The third-order valence-corrected chi connectivity index (χ3v) is 1.71. The van der Waals surface area contributed by atoms with Crippen LogP contribution in [0, 0.1) is 0 Å². The minimum Gasteiger partial charge on any atom is -0.370 e. The maximum Gasteiger partial charge on any atom is 0.252 e. The van der Waals surface area contributed by atoms with E-state index in [1.807, 2.05) is 7.05 Å². The molecule has 1 N–H and O–H groups in total. The molecule has 0 aromatic carbocycles. The summed E-state index contributed by atoms with van der Waals surface area (Å²) in [6.07, 6.45) is 1.89. The Hall–Kier alpha value is -0.940. The molecule has 0 atom stereocenters. The average Bonchev–Trinajstić information content (AvgIpc) is 2.61. The summed E-state index contributed by atoms with van der Waals surface area (Å²) < 4.78 is 10.3. The Morgan fingerprint density at radius 2 is 2.36 bits per heavy atom. The standard InChI is InChI=1S/C9H17N3O2/c1-3-4-8-11-9(14-12-8)7-13-6-5-10-2/h10H,3-7H2,1-2H3. The van der Waals surface area contributed by atoms with Gasteiger partial charge in [-0.15, -0.1) is 0 Å². The van der Waals surface area contributed by atoms with Gasteiger partial charge in [-0.05, 0) is 13.5 Å². The Bertz CT molecular complexity index is 250. The van der Waals surface area contributed by atoms with E-state index in [1.165, 1.54) is 0 Å². The number of aryl methyl sites for hydroxylation is 1. The fourth-order valence-electron chi connectivity index (χ4n) is 1.01. The largest absolute Gasteiger partial charge is 0.370 e. The van der Waals surface area contributed by atoms with Crippen molar-refractivity contribution in [2.24, 2.45) is 0 Å². The molecule has 80 valence electrons. The maximum atomic E-state index is 5.29. The number of hydrogen-bond acceptors (Lipinski definition) is 5. The lowest BCUT2D eigenvalue weighted by molar-refractivity contribution is 0.100. The highest BCUT2D eigenvalue weighted by Crippen LogP contribution is 2.01. The molecule has 0 saturated carbocycles. The van der Waals surface area contributed by atoms with Crippen molar-refractivity contribution in [2.45, 2.75) is 26.4 Å². The van der Waals surface area contributed by atoms with Crippen LogP contribution in [0.15, 0.2) is 4.52 Å². The molecule has 0 bridgehead atoms. The SMILES string of the molecule is CCCc1noc(COCCNC)n1. The van der Waals surface area contributed by atoms with Crippen LogP contribution < -0.4 is 5.32 Å². The van der Waals surface area contributed by atoms with Crippen molar-refractivity contribution in [2.75, 3.05) is 20.2 Å². The van der Waals surface area contributed by atoms with Gasteiger partial charge in [-0.25, -0.2) is 0 Å². The summed E-state index contributed by atoms with van der Waals surface area (Å²) in [5.74, 6) is 1.32. The van der Waals surface area contributed by atoms with Crippen molar-refractivity contribution in [3.8, 4) is 0 Å². The van der Waals surface area contributed by atoms with E-state index in [2.05, 4.69) is 22.4 Å². The van der Waals surface area contributed by atoms with E-state index in [0.717, 1.165) is 25.2 Å². The first-order chi connectivity index (χ1) is 6.86. The molecule has 0 aliphatic heterocycles. The summed E-state index contributed by atoms with van der Waals surface area (Å²) in [7, 11) is 1.88. The second-order valence-corrected chi connectivity index (χ2v) is 3.01. The molecule has 5 heteroatoms. The number of ether oxygens (including phenoxy) is 1. The lowest BCUT2D eigenvalue weighted by Crippen LogP contribution is -2.14. The number of aromatic nitrogens is 2. The van der Waals surface area contributed by atoms with Crippen molar-refractivity contribution in [3.63, 3.8) is 0 Å². The molecule has 1 heterocycles. The third kappa shape index (κ3) is 3.85. The number of nitrogens with one attached hydrogen (secondary N) is 1. The molecule has 0 fully saturated rings. The van der Waals surface area contributed by atoms with Gasteiger partial charge in [-0.1, -0.05) is 12.1 Å². The normalized spacial score (nSPS) is 10.7. The first-order valence-corrected chi connectivity index (χ1v) is 4.90. The van der Waals surface area contributed by atoms with Crippen LogP contribution in [0.25, 0.3) is 0 Å². The predicted octanol–water partition coefficient (Wildman–Crippen LogP) is 0.758. The molecule has 0 amide bonds. The van der Waals surface area contributed by atoms with E-state index in [4.69, 9.17) is 9.26 Å². The van der Waals surface area contributed by atoms with Gasteiger partial charge in [0, 0.05) is 13.0 Å². The van der Waals surface area contributed by atoms with Gasteiger partial charge in [-0.3, -0.25) is 0 Å². The fourth-order valence-corrected chi connectivity index (χ4v) is 1.01. The Kier molecular flexibility index (Phi) is 5.17. The zero-order valence-corrected chi connectivity index (χ0v) is 8.75. The number of rotatable bonds is 7. The van der Waals surface area contributed by atoms with Gasteiger partial charge in [0.05, 0.1) is 6.61 Å². The molecule has 0 radical (unpaired) electrons. The molecule has 1 aromatic rings. The van der Waals surface area contributed by atoms with Gasteiger partial charge in [0.25, 0.3) is 5.89 Å². The molecule has 0 aliphatic carbocycles. The Morgan fingerprint density at radius 3 is 3.07 bits per heavy atom. The van der Waals surface area contributed by atoms with Crippen molar-refractivity contribution in [1.29, 1.82) is 0 Å². The van der Waals surface area contributed by atoms with Crippen molar-refractivity contribution < 1.29 is 9.26 Å². The number of likely N-dealkylation sites (N-methyl/N-ethyl adjacent to an activating group) is 1. The highest BCUT2D eigenvalue weighted by molar-refractivity contribution is 4.84. The minimum atomic E-state index is 0.401. The minimum absolute atomic E-state index is 0.401. The molecular weight excluding hydrogens is 182 g/mol. The second kappa shape index (κ2) is 6.50. The molecule has 0 aliphatic rings. The first kappa shape index (κ1) is 11.1. The quantitative estimate of drug-likeness (QED) is 0.657. The van der Waals surface area contributed by atoms with Crippen LogP contribution in [0.5, 0.6) is 0 Å². The van der Waals surface area contributed by atoms with E-state index in [-0.39, 0.29) is 0 Å². The number of hydrogen-bond donors (Lipinski definition) is 1. The second-order valence-electron chi connectivity index (χ2n) is 3.01. The molecule has 1 aromatic heterocycles. The average molecular weight is 199 g/mol. The summed E-state index contributed by atoms with van der Waals surface area (Å²) in [4.78, 5) is 4.17. The highest BCUT2D eigenvalue weighted by atomic mass is 16.5. The van der Waals surface area contributed by atoms with E-state index in [1.54, 1.807) is 0 Å². The lowest BCUT2D eigenvalue weighted by atomic mass is 10.3. The fraction of sp³-hybridized carbons (Fsp3) is 0.778. The molecule has 0 spiro atoms. The first-order valence-electron chi connectivity index (χ1n) is 4.90. The molecule has 5 nitrogen and oxygen atoms in total. The predicted molar refractivity (Wildman–Crippen MR) is 51.9 cm³/mol.